The molecule has 1 amide bonds. The number of carbonyl (C=O) groups excluding carboxylic acids is 1. The maximum absolute atomic E-state index is 12.8. The molecule has 3 aromatic rings. The number of hydrogen-bond acceptors (Lipinski definition) is 7. The third kappa shape index (κ3) is 3.25. The number of rotatable bonds is 5. The van der Waals surface area contributed by atoms with Gasteiger partial charge in [-0.15, -0.1) is 0 Å². The van der Waals surface area contributed by atoms with Crippen molar-refractivity contribution in [1.29, 1.82) is 0 Å². The Morgan fingerprint density at radius 1 is 1.19 bits per heavy atom. The van der Waals surface area contributed by atoms with Gasteiger partial charge in [-0.05, 0) is 12.1 Å². The summed E-state index contributed by atoms with van der Waals surface area (Å²) in [6.07, 6.45) is 3.58. The highest BCUT2D eigenvalue weighted by Gasteiger charge is 2.31. The third-order valence-electron chi connectivity index (χ3n) is 4.48. The molecule has 0 aliphatic carbocycles. The van der Waals surface area contributed by atoms with E-state index in [1.165, 1.54) is 19.5 Å². The molecule has 3 heterocycles. The summed E-state index contributed by atoms with van der Waals surface area (Å²) in [5.74, 6) is 1.36. The van der Waals surface area contributed by atoms with Crippen molar-refractivity contribution in [2.45, 2.75) is 12.5 Å². The Bertz CT molecular complexity index is 971. The molecule has 0 radical (unpaired) electrons. The van der Waals surface area contributed by atoms with Crippen LogP contribution in [0.5, 0.6) is 17.5 Å². The molecule has 1 aliphatic heterocycles. The summed E-state index contributed by atoms with van der Waals surface area (Å²) in [6, 6.07) is 7.28. The monoisotopic (exact) mass is 369 g/mol. The van der Waals surface area contributed by atoms with Gasteiger partial charge in [-0.3, -0.25) is 4.79 Å². The van der Waals surface area contributed by atoms with Gasteiger partial charge in [0.15, 0.2) is 17.1 Å². The van der Waals surface area contributed by atoms with Gasteiger partial charge in [-0.2, -0.15) is 0 Å². The molecule has 8 heteroatoms. The third-order valence-corrected chi connectivity index (χ3v) is 4.48. The van der Waals surface area contributed by atoms with Crippen LogP contribution in [0.4, 0.5) is 0 Å². The van der Waals surface area contributed by atoms with Crippen molar-refractivity contribution in [2.24, 2.45) is 0 Å². The van der Waals surface area contributed by atoms with Gasteiger partial charge in [0, 0.05) is 30.7 Å². The number of nitrogens with zero attached hydrogens (tertiary/aromatic N) is 3. The smallest absolute Gasteiger partial charge is 0.289 e. The molecule has 1 aliphatic rings. The van der Waals surface area contributed by atoms with Crippen molar-refractivity contribution < 1.29 is 23.4 Å². The zero-order valence-corrected chi connectivity index (χ0v) is 15.0. The van der Waals surface area contributed by atoms with E-state index in [0.29, 0.717) is 42.6 Å². The van der Waals surface area contributed by atoms with E-state index in [2.05, 4.69) is 9.97 Å². The van der Waals surface area contributed by atoms with Crippen LogP contribution in [0.2, 0.25) is 0 Å². The summed E-state index contributed by atoms with van der Waals surface area (Å²) in [7, 11) is 3.08. The molecular weight excluding hydrogens is 350 g/mol. The fraction of sp³-hybridized carbons (Fsp3) is 0.316. The molecule has 0 saturated carbocycles. The van der Waals surface area contributed by atoms with Crippen LogP contribution in [-0.2, 0) is 0 Å². The van der Waals surface area contributed by atoms with Crippen molar-refractivity contribution in [3.63, 3.8) is 0 Å². The summed E-state index contributed by atoms with van der Waals surface area (Å²) < 4.78 is 22.1. The van der Waals surface area contributed by atoms with Crippen LogP contribution in [0, 0.1) is 0 Å². The van der Waals surface area contributed by atoms with E-state index in [4.69, 9.17) is 18.6 Å². The molecule has 0 bridgehead atoms. The van der Waals surface area contributed by atoms with E-state index in [-0.39, 0.29) is 17.8 Å². The van der Waals surface area contributed by atoms with Crippen LogP contribution in [0.25, 0.3) is 11.0 Å². The Kier molecular flexibility index (Phi) is 4.53. The molecular formula is C19H19N3O5. The molecule has 2 aromatic heterocycles. The van der Waals surface area contributed by atoms with Gasteiger partial charge in [0.2, 0.25) is 0 Å². The number of benzene rings is 1. The first-order valence-electron chi connectivity index (χ1n) is 8.57. The first-order valence-corrected chi connectivity index (χ1v) is 8.57. The molecule has 1 atom stereocenters. The number of hydrogen-bond donors (Lipinski definition) is 0. The first kappa shape index (κ1) is 17.1. The lowest BCUT2D eigenvalue weighted by molar-refractivity contribution is 0.0741. The maximum atomic E-state index is 12.8. The quantitative estimate of drug-likeness (QED) is 0.683. The van der Waals surface area contributed by atoms with Crippen molar-refractivity contribution in [1.82, 2.24) is 14.9 Å². The number of likely N-dealkylation sites (tertiary alicyclic amines) is 1. The second-order valence-electron chi connectivity index (χ2n) is 6.14. The fourth-order valence-electron chi connectivity index (χ4n) is 3.16. The van der Waals surface area contributed by atoms with Crippen molar-refractivity contribution >= 4 is 16.9 Å². The van der Waals surface area contributed by atoms with Crippen LogP contribution in [0.3, 0.4) is 0 Å². The van der Waals surface area contributed by atoms with Gasteiger partial charge in [0.1, 0.15) is 6.10 Å². The summed E-state index contributed by atoms with van der Waals surface area (Å²) >= 11 is 0. The molecule has 1 aromatic carbocycles. The van der Waals surface area contributed by atoms with Crippen LogP contribution in [-0.4, -0.2) is 54.2 Å². The molecule has 27 heavy (non-hydrogen) atoms. The minimum atomic E-state index is -0.182. The minimum absolute atomic E-state index is 0.175. The average molecular weight is 369 g/mol. The molecule has 1 unspecified atom stereocenters. The van der Waals surface area contributed by atoms with Gasteiger partial charge in [-0.25, -0.2) is 9.97 Å². The zero-order valence-electron chi connectivity index (χ0n) is 15.0. The summed E-state index contributed by atoms with van der Waals surface area (Å²) in [6.45, 7) is 1.01. The molecule has 4 rings (SSSR count). The van der Waals surface area contributed by atoms with E-state index in [0.717, 1.165) is 5.39 Å². The molecule has 1 fully saturated rings. The molecule has 1 saturated heterocycles. The van der Waals surface area contributed by atoms with Crippen LogP contribution < -0.4 is 14.2 Å². The summed E-state index contributed by atoms with van der Waals surface area (Å²) in [5.41, 5.74) is 0.569. The van der Waals surface area contributed by atoms with Crippen LogP contribution >= 0.6 is 0 Å². The Hall–Kier alpha value is -3.29. The Balaban J connectivity index is 1.48. The van der Waals surface area contributed by atoms with Gasteiger partial charge in [0.05, 0.1) is 20.8 Å². The number of fused-ring (bicyclic) bond motifs is 1. The highest BCUT2D eigenvalue weighted by atomic mass is 16.5. The van der Waals surface area contributed by atoms with E-state index >= 15 is 0 Å². The molecule has 0 N–H and O–H groups in total. The Morgan fingerprint density at radius 3 is 2.78 bits per heavy atom. The lowest BCUT2D eigenvalue weighted by atomic mass is 10.2. The Morgan fingerprint density at radius 2 is 2.00 bits per heavy atom. The lowest BCUT2D eigenvalue weighted by Crippen LogP contribution is -2.30. The minimum Gasteiger partial charge on any atom is -0.493 e. The van der Waals surface area contributed by atoms with Gasteiger partial charge < -0.3 is 23.5 Å². The predicted molar refractivity (Wildman–Crippen MR) is 96.3 cm³/mol. The predicted octanol–water partition coefficient (Wildman–Crippen LogP) is 2.53. The zero-order chi connectivity index (χ0) is 18.8. The lowest BCUT2D eigenvalue weighted by Gasteiger charge is -2.16. The number of carbonyl (C=O) groups is 1. The first-order chi connectivity index (χ1) is 13.2. The fourth-order valence-corrected chi connectivity index (χ4v) is 3.16. The normalized spacial score (nSPS) is 16.5. The summed E-state index contributed by atoms with van der Waals surface area (Å²) in [5, 5.41) is 0.828. The van der Waals surface area contributed by atoms with E-state index in [1.807, 2.05) is 12.1 Å². The van der Waals surface area contributed by atoms with Gasteiger partial charge in [-0.1, -0.05) is 12.1 Å². The number of aromatic nitrogens is 2. The topological polar surface area (TPSA) is 86.9 Å². The van der Waals surface area contributed by atoms with E-state index in [9.17, 15) is 4.79 Å². The molecule has 8 nitrogen and oxygen atoms in total. The van der Waals surface area contributed by atoms with Gasteiger partial charge >= 0.3 is 0 Å². The largest absolute Gasteiger partial charge is 0.493 e. The van der Waals surface area contributed by atoms with E-state index in [1.54, 1.807) is 24.1 Å². The number of amides is 1. The standard InChI is InChI=1S/C19H19N3O5/c1-24-14-5-3-4-12-10-15(27-16(12)14)19(23)22-9-6-13(11-22)26-18-17(25-2)20-7-8-21-18/h3-5,7-8,10,13H,6,9,11H2,1-2H3. The average Bonchev–Trinajstić information content (AvgIpc) is 3.34. The SMILES string of the molecule is COc1nccnc1OC1CCN(C(=O)c2cc3cccc(OC)c3o2)C1. The van der Waals surface area contributed by atoms with E-state index < -0.39 is 0 Å². The van der Waals surface area contributed by atoms with Crippen LogP contribution in [0.15, 0.2) is 41.1 Å². The maximum Gasteiger partial charge on any atom is 0.289 e. The van der Waals surface area contributed by atoms with Crippen molar-refractivity contribution in [3.8, 4) is 17.5 Å². The number of methoxy groups -OCH3 is 2. The van der Waals surface area contributed by atoms with Crippen molar-refractivity contribution in [3.05, 3.63) is 42.4 Å². The molecule has 0 spiro atoms. The second kappa shape index (κ2) is 7.14. The highest BCUT2D eigenvalue weighted by Crippen LogP contribution is 2.30. The van der Waals surface area contributed by atoms with Crippen LogP contribution in [0.1, 0.15) is 17.0 Å². The number of para-hydroxylation sites is 1. The van der Waals surface area contributed by atoms with Crippen molar-refractivity contribution in [2.75, 3.05) is 27.3 Å². The Labute approximate surface area is 155 Å². The summed E-state index contributed by atoms with van der Waals surface area (Å²) in [4.78, 5) is 22.7. The highest BCUT2D eigenvalue weighted by molar-refractivity contribution is 5.97. The number of ether oxygens (including phenoxy) is 3. The number of furan rings is 1. The second-order valence-corrected chi connectivity index (χ2v) is 6.14. The molecule has 140 valence electrons. The van der Waals surface area contributed by atoms with Gasteiger partial charge in [0.25, 0.3) is 17.7 Å².